The molecule has 0 spiro atoms. The summed E-state index contributed by atoms with van der Waals surface area (Å²) in [6, 6.07) is 7.17. The molecule has 138 valence electrons. The van der Waals surface area contributed by atoms with Gasteiger partial charge < -0.3 is 5.32 Å². The molecular weight excluding hydrogens is 360 g/mol. The predicted octanol–water partition coefficient (Wildman–Crippen LogP) is 2.94. The van der Waals surface area contributed by atoms with Gasteiger partial charge in [-0.05, 0) is 37.0 Å². The predicted molar refractivity (Wildman–Crippen MR) is 98.8 cm³/mol. The number of carbonyl (C=O) groups excluding carboxylic acids is 1. The standard InChI is InChI=1S/C18H25ClN2O3S/c1-2-21-16-5-3-4-10-18(16,11-12-25(21,23)24)17(22)20-13-14-6-8-15(19)9-7-14/h6-9,16H,2-5,10-13H2,1H3,(H,20,22)/t16-,18-/m1/s1. The van der Waals surface area contributed by atoms with E-state index in [0.717, 1.165) is 31.2 Å². The molecule has 1 N–H and O–H groups in total. The molecule has 3 rings (SSSR count). The molecule has 2 aliphatic rings. The maximum Gasteiger partial charge on any atom is 0.228 e. The van der Waals surface area contributed by atoms with E-state index in [1.807, 2.05) is 19.1 Å². The summed E-state index contributed by atoms with van der Waals surface area (Å²) < 4.78 is 26.4. The first-order valence-corrected chi connectivity index (χ1v) is 10.9. The van der Waals surface area contributed by atoms with Crippen molar-refractivity contribution in [1.29, 1.82) is 0 Å². The van der Waals surface area contributed by atoms with Gasteiger partial charge in [-0.1, -0.05) is 43.5 Å². The highest BCUT2D eigenvalue weighted by Gasteiger charge is 2.54. The number of hydrogen-bond donors (Lipinski definition) is 1. The molecule has 0 aromatic heterocycles. The van der Waals surface area contributed by atoms with Gasteiger partial charge in [0.15, 0.2) is 0 Å². The van der Waals surface area contributed by atoms with Gasteiger partial charge in [-0.15, -0.1) is 0 Å². The highest BCUT2D eigenvalue weighted by atomic mass is 35.5. The fourth-order valence-corrected chi connectivity index (χ4v) is 6.38. The number of fused-ring (bicyclic) bond motifs is 1. The summed E-state index contributed by atoms with van der Waals surface area (Å²) >= 11 is 5.90. The molecule has 1 amide bonds. The van der Waals surface area contributed by atoms with Crippen LogP contribution in [0.5, 0.6) is 0 Å². The number of nitrogens with one attached hydrogen (secondary N) is 1. The van der Waals surface area contributed by atoms with Crippen molar-refractivity contribution in [3.63, 3.8) is 0 Å². The van der Waals surface area contributed by atoms with Crippen LogP contribution in [0, 0.1) is 5.41 Å². The smallest absolute Gasteiger partial charge is 0.228 e. The van der Waals surface area contributed by atoms with E-state index in [2.05, 4.69) is 5.32 Å². The van der Waals surface area contributed by atoms with E-state index >= 15 is 0 Å². The highest BCUT2D eigenvalue weighted by Crippen LogP contribution is 2.46. The normalized spacial score (nSPS) is 29.0. The second-order valence-corrected chi connectivity index (χ2v) is 9.47. The molecule has 25 heavy (non-hydrogen) atoms. The summed E-state index contributed by atoms with van der Waals surface area (Å²) in [4.78, 5) is 13.1. The first-order valence-electron chi connectivity index (χ1n) is 8.91. The Labute approximate surface area is 154 Å². The Morgan fingerprint density at radius 1 is 1.28 bits per heavy atom. The van der Waals surface area contributed by atoms with Crippen molar-refractivity contribution in [2.45, 2.75) is 51.6 Å². The third-order valence-electron chi connectivity index (χ3n) is 5.63. The second-order valence-electron chi connectivity index (χ2n) is 7.00. The minimum atomic E-state index is -3.25. The zero-order valence-electron chi connectivity index (χ0n) is 14.5. The van der Waals surface area contributed by atoms with E-state index in [1.165, 1.54) is 0 Å². The third-order valence-corrected chi connectivity index (χ3v) is 7.83. The van der Waals surface area contributed by atoms with E-state index in [-0.39, 0.29) is 17.7 Å². The number of benzene rings is 1. The van der Waals surface area contributed by atoms with Crippen molar-refractivity contribution in [3.05, 3.63) is 34.9 Å². The molecule has 7 heteroatoms. The van der Waals surface area contributed by atoms with Crippen LogP contribution in [0.25, 0.3) is 0 Å². The van der Waals surface area contributed by atoms with Crippen LogP contribution in [-0.2, 0) is 21.4 Å². The molecule has 0 unspecified atom stereocenters. The van der Waals surface area contributed by atoms with E-state index in [4.69, 9.17) is 11.6 Å². The van der Waals surface area contributed by atoms with Gasteiger partial charge in [-0.25, -0.2) is 8.42 Å². The lowest BCUT2D eigenvalue weighted by molar-refractivity contribution is -0.137. The molecule has 2 fully saturated rings. The zero-order valence-corrected chi connectivity index (χ0v) is 16.1. The monoisotopic (exact) mass is 384 g/mol. The molecule has 1 saturated heterocycles. The van der Waals surface area contributed by atoms with Gasteiger partial charge in [0.2, 0.25) is 15.9 Å². The van der Waals surface area contributed by atoms with Crippen molar-refractivity contribution in [1.82, 2.24) is 9.62 Å². The van der Waals surface area contributed by atoms with Crippen molar-refractivity contribution in [2.75, 3.05) is 12.3 Å². The summed E-state index contributed by atoms with van der Waals surface area (Å²) in [5.74, 6) is 0.0478. The molecule has 1 aliphatic heterocycles. The molecule has 1 aliphatic carbocycles. The maximum absolute atomic E-state index is 13.1. The number of rotatable bonds is 4. The molecule has 0 radical (unpaired) electrons. The zero-order chi connectivity index (χ0) is 18.1. The highest BCUT2D eigenvalue weighted by molar-refractivity contribution is 7.89. The van der Waals surface area contributed by atoms with Crippen LogP contribution < -0.4 is 5.32 Å². The van der Waals surface area contributed by atoms with E-state index in [1.54, 1.807) is 16.4 Å². The fraction of sp³-hybridized carbons (Fsp3) is 0.611. The minimum absolute atomic E-state index is 0.0134. The van der Waals surface area contributed by atoms with Crippen LogP contribution in [0.1, 0.15) is 44.6 Å². The average Bonchev–Trinajstić information content (AvgIpc) is 2.60. The van der Waals surface area contributed by atoms with Crippen LogP contribution in [0.3, 0.4) is 0 Å². The second kappa shape index (κ2) is 7.25. The van der Waals surface area contributed by atoms with Gasteiger partial charge in [-0.3, -0.25) is 4.79 Å². The average molecular weight is 385 g/mol. The summed E-state index contributed by atoms with van der Waals surface area (Å²) in [5.41, 5.74) is 0.392. The Kier molecular flexibility index (Phi) is 5.42. The topological polar surface area (TPSA) is 66.5 Å². The minimum Gasteiger partial charge on any atom is -0.351 e. The van der Waals surface area contributed by atoms with Gasteiger partial charge in [0.05, 0.1) is 11.2 Å². The van der Waals surface area contributed by atoms with Crippen LogP contribution in [0.15, 0.2) is 24.3 Å². The molecule has 1 heterocycles. The van der Waals surface area contributed by atoms with Crippen molar-refractivity contribution >= 4 is 27.5 Å². The Morgan fingerprint density at radius 2 is 2.00 bits per heavy atom. The number of carbonyl (C=O) groups is 1. The summed E-state index contributed by atoms with van der Waals surface area (Å²) in [6.07, 6.45) is 3.89. The molecule has 2 atom stereocenters. The van der Waals surface area contributed by atoms with Gasteiger partial charge >= 0.3 is 0 Å². The number of halogens is 1. The van der Waals surface area contributed by atoms with Gasteiger partial charge in [-0.2, -0.15) is 4.31 Å². The first kappa shape index (κ1) is 18.7. The summed E-state index contributed by atoms with van der Waals surface area (Å²) in [7, 11) is -3.25. The Bertz CT molecular complexity index is 735. The quantitative estimate of drug-likeness (QED) is 0.867. The van der Waals surface area contributed by atoms with E-state index < -0.39 is 15.4 Å². The summed E-state index contributed by atoms with van der Waals surface area (Å²) in [6.45, 7) is 2.72. The maximum atomic E-state index is 13.1. The first-order chi connectivity index (χ1) is 11.9. The van der Waals surface area contributed by atoms with E-state index in [0.29, 0.717) is 24.5 Å². The summed E-state index contributed by atoms with van der Waals surface area (Å²) in [5, 5.41) is 3.71. The lowest BCUT2D eigenvalue weighted by atomic mass is 9.67. The Balaban J connectivity index is 1.79. The lowest BCUT2D eigenvalue weighted by Gasteiger charge is -2.50. The van der Waals surface area contributed by atoms with Crippen molar-refractivity contribution in [3.8, 4) is 0 Å². The van der Waals surface area contributed by atoms with Crippen molar-refractivity contribution < 1.29 is 13.2 Å². The van der Waals surface area contributed by atoms with Gasteiger partial charge in [0, 0.05) is 24.2 Å². The molecule has 1 aromatic carbocycles. The molecule has 1 saturated carbocycles. The fourth-order valence-electron chi connectivity index (χ4n) is 4.31. The number of amides is 1. The number of hydrogen-bond acceptors (Lipinski definition) is 3. The van der Waals surface area contributed by atoms with Gasteiger partial charge in [0.25, 0.3) is 0 Å². The SMILES string of the molecule is CCN1[C@@H]2CCCC[C@@]2(C(=O)NCc2ccc(Cl)cc2)CCS1(=O)=O. The Hall–Kier alpha value is -1.11. The number of sulfonamides is 1. The molecular formula is C18H25ClN2O3S. The Morgan fingerprint density at radius 3 is 2.68 bits per heavy atom. The van der Waals surface area contributed by atoms with Crippen LogP contribution in [-0.4, -0.2) is 37.0 Å². The van der Waals surface area contributed by atoms with Gasteiger partial charge in [0.1, 0.15) is 0 Å². The largest absolute Gasteiger partial charge is 0.351 e. The van der Waals surface area contributed by atoms with Crippen LogP contribution >= 0.6 is 11.6 Å². The van der Waals surface area contributed by atoms with Crippen LogP contribution in [0.2, 0.25) is 5.02 Å². The van der Waals surface area contributed by atoms with Crippen LogP contribution in [0.4, 0.5) is 0 Å². The van der Waals surface area contributed by atoms with E-state index in [9.17, 15) is 13.2 Å². The molecule has 1 aromatic rings. The van der Waals surface area contributed by atoms with Crippen molar-refractivity contribution in [2.24, 2.45) is 5.41 Å². The molecule has 5 nitrogen and oxygen atoms in total. The number of nitrogens with zero attached hydrogens (tertiary/aromatic N) is 1. The molecule has 0 bridgehead atoms. The lowest BCUT2D eigenvalue weighted by Crippen LogP contribution is -2.62. The third kappa shape index (κ3) is 3.57.